The van der Waals surface area contributed by atoms with Crippen molar-refractivity contribution in [2.75, 3.05) is 13.1 Å². The number of nitrogens with one attached hydrogen (secondary N) is 2. The molecule has 3 N–H and O–H groups in total. The summed E-state index contributed by atoms with van der Waals surface area (Å²) in [5, 5.41) is 15.0. The second-order valence-corrected chi connectivity index (χ2v) is 5.26. The van der Waals surface area contributed by atoms with Crippen LogP contribution in [0.5, 0.6) is 0 Å². The van der Waals surface area contributed by atoms with Gasteiger partial charge in [0.15, 0.2) is 0 Å². The van der Waals surface area contributed by atoms with Crippen LogP contribution in [0, 0.1) is 5.41 Å². The molecular weight excluding hydrogens is 220 g/mol. The standard InChI is InChI=1S/C12H22N2O3/c1-4-11(2,10(16)17)8-13-9(15)12(3)6-5-7-14-12/h14H,4-8H2,1-3H3,(H,13,15)(H,16,17). The fraction of sp³-hybridized carbons (Fsp3) is 0.833. The number of carbonyl (C=O) groups is 2. The van der Waals surface area contributed by atoms with Crippen LogP contribution in [0.4, 0.5) is 0 Å². The predicted molar refractivity (Wildman–Crippen MR) is 64.7 cm³/mol. The van der Waals surface area contributed by atoms with Gasteiger partial charge in [0, 0.05) is 6.54 Å². The van der Waals surface area contributed by atoms with Crippen LogP contribution >= 0.6 is 0 Å². The van der Waals surface area contributed by atoms with Crippen LogP contribution in [0.3, 0.4) is 0 Å². The van der Waals surface area contributed by atoms with Gasteiger partial charge in [-0.05, 0) is 39.7 Å². The van der Waals surface area contributed by atoms with Crippen molar-refractivity contribution in [1.82, 2.24) is 10.6 Å². The molecule has 1 amide bonds. The molecule has 1 rings (SSSR count). The van der Waals surface area contributed by atoms with Crippen molar-refractivity contribution < 1.29 is 14.7 Å². The summed E-state index contributed by atoms with van der Waals surface area (Å²) in [6, 6.07) is 0. The van der Waals surface area contributed by atoms with Crippen molar-refractivity contribution in [3.8, 4) is 0 Å². The average Bonchev–Trinajstić information content (AvgIpc) is 2.73. The van der Waals surface area contributed by atoms with Gasteiger partial charge in [0.2, 0.25) is 5.91 Å². The van der Waals surface area contributed by atoms with E-state index in [1.54, 1.807) is 6.92 Å². The lowest BCUT2D eigenvalue weighted by molar-refractivity contribution is -0.148. The van der Waals surface area contributed by atoms with E-state index in [0.29, 0.717) is 6.42 Å². The summed E-state index contributed by atoms with van der Waals surface area (Å²) in [4.78, 5) is 23.1. The molecule has 0 spiro atoms. The summed E-state index contributed by atoms with van der Waals surface area (Å²) < 4.78 is 0. The highest BCUT2D eigenvalue weighted by molar-refractivity contribution is 5.87. The molecule has 5 nitrogen and oxygen atoms in total. The van der Waals surface area contributed by atoms with E-state index in [-0.39, 0.29) is 12.5 Å². The van der Waals surface area contributed by atoms with Crippen LogP contribution in [0.15, 0.2) is 0 Å². The lowest BCUT2D eigenvalue weighted by Crippen LogP contribution is -2.53. The Labute approximate surface area is 102 Å². The third-order valence-electron chi connectivity index (χ3n) is 3.81. The number of amides is 1. The monoisotopic (exact) mass is 242 g/mol. The first-order chi connectivity index (χ1) is 7.84. The van der Waals surface area contributed by atoms with Gasteiger partial charge in [-0.15, -0.1) is 0 Å². The van der Waals surface area contributed by atoms with Crippen LogP contribution in [0.25, 0.3) is 0 Å². The van der Waals surface area contributed by atoms with Crippen molar-refractivity contribution in [2.24, 2.45) is 5.41 Å². The molecule has 1 saturated heterocycles. The Morgan fingerprint density at radius 3 is 2.59 bits per heavy atom. The quantitative estimate of drug-likeness (QED) is 0.664. The van der Waals surface area contributed by atoms with E-state index in [4.69, 9.17) is 5.11 Å². The number of carboxylic acids is 1. The van der Waals surface area contributed by atoms with Crippen molar-refractivity contribution >= 4 is 11.9 Å². The highest BCUT2D eigenvalue weighted by atomic mass is 16.4. The number of rotatable bonds is 5. The Kier molecular flexibility index (Phi) is 4.14. The van der Waals surface area contributed by atoms with E-state index in [1.165, 1.54) is 0 Å². The number of hydrogen-bond donors (Lipinski definition) is 3. The second kappa shape index (κ2) is 5.04. The smallest absolute Gasteiger partial charge is 0.311 e. The van der Waals surface area contributed by atoms with E-state index in [1.807, 2.05) is 13.8 Å². The highest BCUT2D eigenvalue weighted by Crippen LogP contribution is 2.22. The zero-order chi connectivity index (χ0) is 13.1. The van der Waals surface area contributed by atoms with Crippen molar-refractivity contribution in [2.45, 2.75) is 45.6 Å². The van der Waals surface area contributed by atoms with Crippen LogP contribution in [0.2, 0.25) is 0 Å². The maximum atomic E-state index is 12.0. The summed E-state index contributed by atoms with van der Waals surface area (Å²) in [5.41, 5.74) is -1.42. The summed E-state index contributed by atoms with van der Waals surface area (Å²) in [6.45, 7) is 6.35. The molecule has 0 saturated carbocycles. The fourth-order valence-electron chi connectivity index (χ4n) is 1.91. The maximum Gasteiger partial charge on any atom is 0.311 e. The average molecular weight is 242 g/mol. The maximum absolute atomic E-state index is 12.0. The van der Waals surface area contributed by atoms with Gasteiger partial charge in [0.25, 0.3) is 0 Å². The van der Waals surface area contributed by atoms with Gasteiger partial charge >= 0.3 is 5.97 Å². The lowest BCUT2D eigenvalue weighted by atomic mass is 9.87. The number of hydrogen-bond acceptors (Lipinski definition) is 3. The molecule has 0 aromatic carbocycles. The first-order valence-electron chi connectivity index (χ1n) is 6.11. The largest absolute Gasteiger partial charge is 0.481 e. The lowest BCUT2D eigenvalue weighted by Gasteiger charge is -2.28. The normalized spacial score (nSPS) is 27.5. The van der Waals surface area contributed by atoms with Crippen LogP contribution in [-0.4, -0.2) is 35.6 Å². The third-order valence-corrected chi connectivity index (χ3v) is 3.81. The molecule has 5 heteroatoms. The second-order valence-electron chi connectivity index (χ2n) is 5.26. The molecule has 1 heterocycles. The zero-order valence-corrected chi connectivity index (χ0v) is 10.8. The Balaban J connectivity index is 2.55. The molecule has 0 aromatic heterocycles. The number of carbonyl (C=O) groups excluding carboxylic acids is 1. The van der Waals surface area contributed by atoms with Crippen molar-refractivity contribution in [1.29, 1.82) is 0 Å². The molecule has 0 aromatic rings. The van der Waals surface area contributed by atoms with Gasteiger partial charge in [-0.25, -0.2) is 0 Å². The summed E-state index contributed by atoms with van der Waals surface area (Å²) in [7, 11) is 0. The minimum absolute atomic E-state index is 0.101. The summed E-state index contributed by atoms with van der Waals surface area (Å²) in [6.07, 6.45) is 2.27. The van der Waals surface area contributed by atoms with Crippen LogP contribution in [-0.2, 0) is 9.59 Å². The zero-order valence-electron chi connectivity index (χ0n) is 10.8. The highest BCUT2D eigenvalue weighted by Gasteiger charge is 2.38. The molecule has 0 bridgehead atoms. The van der Waals surface area contributed by atoms with E-state index in [9.17, 15) is 9.59 Å². The molecule has 1 aliphatic heterocycles. The molecule has 1 fully saturated rings. The first kappa shape index (κ1) is 14.0. The molecule has 0 aliphatic carbocycles. The van der Waals surface area contributed by atoms with Gasteiger partial charge in [-0.3, -0.25) is 9.59 Å². The summed E-state index contributed by atoms with van der Waals surface area (Å²) >= 11 is 0. The number of carboxylic acid groups (broad SMARTS) is 1. The van der Waals surface area contributed by atoms with Crippen LogP contribution in [0.1, 0.15) is 40.0 Å². The van der Waals surface area contributed by atoms with E-state index in [0.717, 1.165) is 19.4 Å². The van der Waals surface area contributed by atoms with E-state index >= 15 is 0 Å². The van der Waals surface area contributed by atoms with Gasteiger partial charge in [-0.2, -0.15) is 0 Å². The molecule has 2 unspecified atom stereocenters. The molecule has 98 valence electrons. The van der Waals surface area contributed by atoms with E-state index < -0.39 is 16.9 Å². The molecule has 17 heavy (non-hydrogen) atoms. The summed E-state index contributed by atoms with van der Waals surface area (Å²) in [5.74, 6) is -0.972. The van der Waals surface area contributed by atoms with Crippen LogP contribution < -0.4 is 10.6 Å². The predicted octanol–water partition coefficient (Wildman–Crippen LogP) is 0.746. The van der Waals surface area contributed by atoms with Gasteiger partial charge < -0.3 is 15.7 Å². The van der Waals surface area contributed by atoms with Gasteiger partial charge in [0.1, 0.15) is 0 Å². The first-order valence-corrected chi connectivity index (χ1v) is 6.11. The SMILES string of the molecule is CCC(C)(CNC(=O)C1(C)CCCN1)C(=O)O. The molecule has 2 atom stereocenters. The fourth-order valence-corrected chi connectivity index (χ4v) is 1.91. The van der Waals surface area contributed by atoms with Crippen molar-refractivity contribution in [3.05, 3.63) is 0 Å². The molecular formula is C12H22N2O3. The molecule has 0 radical (unpaired) electrons. The van der Waals surface area contributed by atoms with Crippen molar-refractivity contribution in [3.63, 3.8) is 0 Å². The van der Waals surface area contributed by atoms with E-state index in [2.05, 4.69) is 10.6 Å². The number of aliphatic carboxylic acids is 1. The molecule has 1 aliphatic rings. The topological polar surface area (TPSA) is 78.4 Å². The Morgan fingerprint density at radius 1 is 1.53 bits per heavy atom. The van der Waals surface area contributed by atoms with Gasteiger partial charge in [0.05, 0.1) is 11.0 Å². The Hall–Kier alpha value is -1.10. The minimum Gasteiger partial charge on any atom is -0.481 e. The Bertz CT molecular complexity index is 311. The Morgan fingerprint density at radius 2 is 2.18 bits per heavy atom. The minimum atomic E-state index is -0.884. The van der Waals surface area contributed by atoms with Gasteiger partial charge in [-0.1, -0.05) is 6.92 Å². The third kappa shape index (κ3) is 2.97.